The summed E-state index contributed by atoms with van der Waals surface area (Å²) in [7, 11) is 0. The van der Waals surface area contributed by atoms with Gasteiger partial charge in [0.2, 0.25) is 0 Å². The Hall–Kier alpha value is -1.22. The number of benzene rings is 1. The fourth-order valence-corrected chi connectivity index (χ4v) is 2.22. The molecule has 0 saturated carbocycles. The maximum absolute atomic E-state index is 5.83. The van der Waals surface area contributed by atoms with Gasteiger partial charge >= 0.3 is 0 Å². The summed E-state index contributed by atoms with van der Waals surface area (Å²) < 4.78 is 11.5. The lowest BCUT2D eigenvalue weighted by atomic mass is 10.0. The fraction of sp³-hybridized carbons (Fsp3) is 0.625. The Balaban J connectivity index is 2.04. The second-order valence-electron chi connectivity index (χ2n) is 5.35. The topological polar surface area (TPSA) is 30.5 Å². The average Bonchev–Trinajstić information content (AvgIpc) is 2.69. The lowest BCUT2D eigenvalue weighted by Gasteiger charge is -2.21. The highest BCUT2D eigenvalue weighted by atomic mass is 16.5. The van der Waals surface area contributed by atoms with E-state index in [-0.39, 0.29) is 0 Å². The van der Waals surface area contributed by atoms with Gasteiger partial charge in [0.15, 0.2) is 11.5 Å². The molecule has 0 amide bonds. The Labute approximate surface area is 116 Å². The molecule has 0 spiro atoms. The van der Waals surface area contributed by atoms with Crippen molar-refractivity contribution in [1.29, 1.82) is 0 Å². The summed E-state index contributed by atoms with van der Waals surface area (Å²) in [6.45, 7) is 9.07. The van der Waals surface area contributed by atoms with Gasteiger partial charge in [-0.05, 0) is 18.9 Å². The maximum atomic E-state index is 5.83. The molecule has 3 nitrogen and oxygen atoms in total. The fourth-order valence-electron chi connectivity index (χ4n) is 2.22. The number of hydrogen-bond donors (Lipinski definition) is 1. The highest BCUT2D eigenvalue weighted by molar-refractivity contribution is 5.47. The zero-order valence-electron chi connectivity index (χ0n) is 12.2. The van der Waals surface area contributed by atoms with Crippen LogP contribution in [0.25, 0.3) is 0 Å². The molecule has 0 aliphatic carbocycles. The van der Waals surface area contributed by atoms with E-state index < -0.39 is 0 Å². The van der Waals surface area contributed by atoms with E-state index in [2.05, 4.69) is 32.2 Å². The van der Waals surface area contributed by atoms with Gasteiger partial charge in [-0.25, -0.2) is 0 Å². The van der Waals surface area contributed by atoms with Crippen molar-refractivity contribution >= 4 is 0 Å². The molecule has 0 bridgehead atoms. The van der Waals surface area contributed by atoms with E-state index >= 15 is 0 Å². The lowest BCUT2D eigenvalue weighted by molar-refractivity contribution is 0.295. The number of nitrogens with one attached hydrogen (secondary N) is 1. The number of hydrogen-bond acceptors (Lipinski definition) is 3. The largest absolute Gasteiger partial charge is 0.490 e. The molecule has 1 aromatic rings. The van der Waals surface area contributed by atoms with Gasteiger partial charge in [0.25, 0.3) is 0 Å². The molecule has 3 heteroatoms. The van der Waals surface area contributed by atoms with Crippen molar-refractivity contribution in [2.75, 3.05) is 13.2 Å². The highest BCUT2D eigenvalue weighted by Gasteiger charge is 2.15. The zero-order chi connectivity index (χ0) is 13.7. The average molecular weight is 263 g/mol. The predicted octanol–water partition coefficient (Wildman–Crippen LogP) is 3.37. The monoisotopic (exact) mass is 263 g/mol. The van der Waals surface area contributed by atoms with E-state index in [0.717, 1.165) is 37.7 Å². The molecule has 0 aromatic heterocycles. The third kappa shape index (κ3) is 3.63. The van der Waals surface area contributed by atoms with Crippen LogP contribution in [0.5, 0.6) is 11.5 Å². The molecule has 0 radical (unpaired) electrons. The predicted molar refractivity (Wildman–Crippen MR) is 77.8 cm³/mol. The smallest absolute Gasteiger partial charge is 0.165 e. The van der Waals surface area contributed by atoms with Gasteiger partial charge in [-0.3, -0.25) is 0 Å². The molecule has 1 aliphatic heterocycles. The molecule has 0 fully saturated rings. The van der Waals surface area contributed by atoms with E-state index in [0.29, 0.717) is 12.0 Å². The molecule has 1 N–H and O–H groups in total. The van der Waals surface area contributed by atoms with Gasteiger partial charge in [-0.1, -0.05) is 32.4 Å². The lowest BCUT2D eigenvalue weighted by Crippen LogP contribution is -2.31. The van der Waals surface area contributed by atoms with E-state index in [1.165, 1.54) is 12.0 Å². The number of rotatable bonds is 5. The molecule has 0 saturated heterocycles. The number of para-hydroxylation sites is 1. The van der Waals surface area contributed by atoms with Crippen LogP contribution in [0.2, 0.25) is 0 Å². The minimum atomic E-state index is 0.507. The van der Waals surface area contributed by atoms with E-state index in [9.17, 15) is 0 Å². The van der Waals surface area contributed by atoms with Crippen LogP contribution < -0.4 is 14.8 Å². The summed E-state index contributed by atoms with van der Waals surface area (Å²) in [6, 6.07) is 6.65. The summed E-state index contributed by atoms with van der Waals surface area (Å²) >= 11 is 0. The quantitative estimate of drug-likeness (QED) is 0.883. The van der Waals surface area contributed by atoms with Gasteiger partial charge < -0.3 is 14.8 Å². The van der Waals surface area contributed by atoms with Crippen LogP contribution in [0.3, 0.4) is 0 Å². The van der Waals surface area contributed by atoms with Crippen molar-refractivity contribution in [3.8, 4) is 11.5 Å². The van der Waals surface area contributed by atoms with Crippen molar-refractivity contribution < 1.29 is 9.47 Å². The van der Waals surface area contributed by atoms with Crippen molar-refractivity contribution in [1.82, 2.24) is 5.32 Å². The highest BCUT2D eigenvalue weighted by Crippen LogP contribution is 2.33. The Morgan fingerprint density at radius 2 is 2.00 bits per heavy atom. The minimum absolute atomic E-state index is 0.507. The van der Waals surface area contributed by atoms with Crippen LogP contribution >= 0.6 is 0 Å². The Bertz CT molecular complexity index is 406. The van der Waals surface area contributed by atoms with Crippen LogP contribution in [0.15, 0.2) is 18.2 Å². The first-order valence-corrected chi connectivity index (χ1v) is 7.33. The zero-order valence-corrected chi connectivity index (χ0v) is 12.2. The molecule has 2 atom stereocenters. The van der Waals surface area contributed by atoms with Crippen molar-refractivity contribution in [3.63, 3.8) is 0 Å². The van der Waals surface area contributed by atoms with Crippen LogP contribution in [-0.4, -0.2) is 19.3 Å². The molecular formula is C16H25NO2. The molecule has 106 valence electrons. The summed E-state index contributed by atoms with van der Waals surface area (Å²) in [4.78, 5) is 0. The van der Waals surface area contributed by atoms with Gasteiger partial charge in [0.05, 0.1) is 13.2 Å². The van der Waals surface area contributed by atoms with Gasteiger partial charge in [-0.15, -0.1) is 0 Å². The van der Waals surface area contributed by atoms with Crippen molar-refractivity contribution in [2.24, 2.45) is 5.92 Å². The Morgan fingerprint density at radius 1 is 1.21 bits per heavy atom. The van der Waals surface area contributed by atoms with Gasteiger partial charge in [0, 0.05) is 24.6 Å². The van der Waals surface area contributed by atoms with Gasteiger partial charge in [-0.2, -0.15) is 0 Å². The van der Waals surface area contributed by atoms with Crippen molar-refractivity contribution in [3.05, 3.63) is 23.8 Å². The first kappa shape index (κ1) is 14.2. The van der Waals surface area contributed by atoms with Crippen LogP contribution in [0.4, 0.5) is 0 Å². The van der Waals surface area contributed by atoms with Crippen LogP contribution in [0.1, 0.15) is 39.2 Å². The van der Waals surface area contributed by atoms with Crippen LogP contribution in [-0.2, 0) is 6.54 Å². The standard InChI is InChI=1S/C16H25NO2/c1-4-12(2)13(3)17-11-14-7-5-8-15-16(14)19-10-6-9-18-15/h5,7-8,12-13,17H,4,6,9-11H2,1-3H3. The SMILES string of the molecule is CCC(C)C(C)NCc1cccc2c1OCCCO2. The first-order valence-electron chi connectivity index (χ1n) is 7.33. The molecule has 1 aliphatic rings. The van der Waals surface area contributed by atoms with Gasteiger partial charge in [0.1, 0.15) is 0 Å². The third-order valence-electron chi connectivity index (χ3n) is 3.97. The molecule has 2 rings (SSSR count). The minimum Gasteiger partial charge on any atom is -0.490 e. The first-order chi connectivity index (χ1) is 9.22. The Kier molecular flexibility index (Phi) is 5.08. The summed E-state index contributed by atoms with van der Waals surface area (Å²) in [5, 5.41) is 3.58. The summed E-state index contributed by atoms with van der Waals surface area (Å²) in [6.07, 6.45) is 2.14. The second kappa shape index (κ2) is 6.80. The van der Waals surface area contributed by atoms with E-state index in [1.54, 1.807) is 0 Å². The number of ether oxygens (including phenoxy) is 2. The van der Waals surface area contributed by atoms with Crippen molar-refractivity contribution in [2.45, 2.75) is 46.2 Å². The normalized spacial score (nSPS) is 17.6. The molecule has 1 aromatic carbocycles. The Morgan fingerprint density at radius 3 is 2.79 bits per heavy atom. The third-order valence-corrected chi connectivity index (χ3v) is 3.97. The summed E-state index contributed by atoms with van der Waals surface area (Å²) in [5.41, 5.74) is 1.19. The van der Waals surface area contributed by atoms with E-state index in [1.807, 2.05) is 12.1 Å². The van der Waals surface area contributed by atoms with Crippen LogP contribution in [0, 0.1) is 5.92 Å². The maximum Gasteiger partial charge on any atom is 0.165 e. The second-order valence-corrected chi connectivity index (χ2v) is 5.35. The number of fused-ring (bicyclic) bond motifs is 1. The molecule has 2 unspecified atom stereocenters. The summed E-state index contributed by atoms with van der Waals surface area (Å²) in [5.74, 6) is 2.48. The van der Waals surface area contributed by atoms with E-state index in [4.69, 9.17) is 9.47 Å². The molecule has 19 heavy (non-hydrogen) atoms. The molecule has 1 heterocycles. The molecular weight excluding hydrogens is 238 g/mol.